The number of nitrogens with two attached hydrogens (primary N) is 1. The van der Waals surface area contributed by atoms with E-state index in [1.165, 1.54) is 24.8 Å². The molecule has 5 nitrogen and oxygen atoms in total. The van der Waals surface area contributed by atoms with Gasteiger partial charge in [-0.3, -0.25) is 4.79 Å². The fraction of sp³-hybridized carbons (Fsp3) is 0.350. The van der Waals surface area contributed by atoms with E-state index in [1.807, 2.05) is 24.3 Å². The Morgan fingerprint density at radius 3 is 2.42 bits per heavy atom. The molecule has 6 heteroatoms. The van der Waals surface area contributed by atoms with Crippen LogP contribution in [-0.2, 0) is 5.41 Å². The standard InChI is InChI=1S/C20H25ClN2O3/c1-20(2,3)13-7-5-12(6-8-13)17(24)11-23-19(25)14-9-15(21)16(22)10-18(14)26-4/h5-10,17,24H,11,22H2,1-4H3,(H,23,25). The first-order chi connectivity index (χ1) is 12.1. The van der Waals surface area contributed by atoms with Crippen molar-refractivity contribution in [3.63, 3.8) is 0 Å². The van der Waals surface area contributed by atoms with Gasteiger partial charge in [-0.15, -0.1) is 0 Å². The van der Waals surface area contributed by atoms with Gasteiger partial charge in [-0.25, -0.2) is 0 Å². The van der Waals surface area contributed by atoms with Crippen molar-refractivity contribution in [3.8, 4) is 5.75 Å². The molecule has 1 atom stereocenters. The predicted molar refractivity (Wildman–Crippen MR) is 105 cm³/mol. The molecule has 0 aliphatic carbocycles. The normalized spacial score (nSPS) is 12.5. The van der Waals surface area contributed by atoms with Gasteiger partial charge in [0.05, 0.1) is 29.5 Å². The third-order valence-corrected chi connectivity index (χ3v) is 4.51. The molecule has 0 heterocycles. The SMILES string of the molecule is COc1cc(N)c(Cl)cc1C(=O)NCC(O)c1ccc(C(C)(C)C)cc1. The molecule has 0 spiro atoms. The first-order valence-electron chi connectivity index (χ1n) is 8.33. The van der Waals surface area contributed by atoms with E-state index in [0.29, 0.717) is 11.4 Å². The van der Waals surface area contributed by atoms with Gasteiger partial charge in [0, 0.05) is 12.6 Å². The fourth-order valence-electron chi connectivity index (χ4n) is 2.52. The first kappa shape index (κ1) is 20.1. The van der Waals surface area contributed by atoms with Crippen molar-refractivity contribution in [1.82, 2.24) is 5.32 Å². The van der Waals surface area contributed by atoms with E-state index in [1.54, 1.807) is 0 Å². The molecular formula is C20H25ClN2O3. The molecule has 1 unspecified atom stereocenters. The predicted octanol–water partition coefficient (Wildman–Crippen LogP) is 3.69. The van der Waals surface area contributed by atoms with E-state index in [0.717, 1.165) is 5.56 Å². The number of halogens is 1. The van der Waals surface area contributed by atoms with Gasteiger partial charge in [0.2, 0.25) is 0 Å². The van der Waals surface area contributed by atoms with Gasteiger partial charge in [-0.2, -0.15) is 0 Å². The van der Waals surface area contributed by atoms with Crippen LogP contribution in [0.1, 0.15) is 48.4 Å². The van der Waals surface area contributed by atoms with Crippen molar-refractivity contribution in [2.75, 3.05) is 19.4 Å². The Morgan fingerprint density at radius 1 is 1.27 bits per heavy atom. The molecule has 0 radical (unpaired) electrons. The number of hydrogen-bond acceptors (Lipinski definition) is 4. The maximum absolute atomic E-state index is 12.4. The summed E-state index contributed by atoms with van der Waals surface area (Å²) >= 11 is 5.99. The average Bonchev–Trinajstić information content (AvgIpc) is 2.60. The van der Waals surface area contributed by atoms with Crippen molar-refractivity contribution in [3.05, 3.63) is 58.1 Å². The van der Waals surface area contributed by atoms with Crippen LogP contribution in [0.15, 0.2) is 36.4 Å². The monoisotopic (exact) mass is 376 g/mol. The smallest absolute Gasteiger partial charge is 0.255 e. The van der Waals surface area contributed by atoms with Crippen LogP contribution in [0.5, 0.6) is 5.75 Å². The number of benzene rings is 2. The lowest BCUT2D eigenvalue weighted by atomic mass is 9.86. The van der Waals surface area contributed by atoms with E-state index in [-0.39, 0.29) is 22.5 Å². The van der Waals surface area contributed by atoms with Crippen LogP contribution < -0.4 is 15.8 Å². The minimum atomic E-state index is -0.816. The summed E-state index contributed by atoms with van der Waals surface area (Å²) < 4.78 is 5.18. The summed E-state index contributed by atoms with van der Waals surface area (Å²) in [5, 5.41) is 13.3. The number of amides is 1. The molecule has 1 amide bonds. The van der Waals surface area contributed by atoms with E-state index in [2.05, 4.69) is 26.1 Å². The van der Waals surface area contributed by atoms with Gasteiger partial charge < -0.3 is 20.9 Å². The second kappa shape index (κ2) is 7.98. The molecule has 0 fully saturated rings. The van der Waals surface area contributed by atoms with Crippen LogP contribution in [0, 0.1) is 0 Å². The molecule has 0 bridgehead atoms. The maximum Gasteiger partial charge on any atom is 0.255 e. The fourth-order valence-corrected chi connectivity index (χ4v) is 2.69. The number of ether oxygens (including phenoxy) is 1. The molecule has 4 N–H and O–H groups in total. The summed E-state index contributed by atoms with van der Waals surface area (Å²) in [5.74, 6) is -0.0671. The maximum atomic E-state index is 12.4. The third kappa shape index (κ3) is 4.68. The lowest BCUT2D eigenvalue weighted by molar-refractivity contribution is 0.0913. The molecule has 140 valence electrons. The Kier molecular flexibility index (Phi) is 6.16. The zero-order valence-electron chi connectivity index (χ0n) is 15.5. The zero-order chi connectivity index (χ0) is 19.5. The Labute approximate surface area is 159 Å². The highest BCUT2D eigenvalue weighted by Crippen LogP contribution is 2.29. The number of aliphatic hydroxyl groups excluding tert-OH is 1. The highest BCUT2D eigenvalue weighted by molar-refractivity contribution is 6.33. The number of nitrogens with one attached hydrogen (secondary N) is 1. The summed E-state index contributed by atoms with van der Waals surface area (Å²) in [6.07, 6.45) is -0.816. The number of rotatable bonds is 5. The molecule has 0 aliphatic heterocycles. The summed E-state index contributed by atoms with van der Waals surface area (Å²) in [4.78, 5) is 12.4. The van der Waals surface area contributed by atoms with Crippen molar-refractivity contribution < 1.29 is 14.6 Å². The number of nitrogen functional groups attached to an aromatic ring is 1. The number of carbonyl (C=O) groups is 1. The quantitative estimate of drug-likeness (QED) is 0.695. The second-order valence-electron chi connectivity index (χ2n) is 7.17. The topological polar surface area (TPSA) is 84.6 Å². The largest absolute Gasteiger partial charge is 0.496 e. The lowest BCUT2D eigenvalue weighted by Gasteiger charge is -2.20. The Bertz CT molecular complexity index is 783. The molecule has 26 heavy (non-hydrogen) atoms. The Morgan fingerprint density at radius 2 is 1.88 bits per heavy atom. The van der Waals surface area contributed by atoms with E-state index >= 15 is 0 Å². The number of hydrogen-bond donors (Lipinski definition) is 3. The minimum Gasteiger partial charge on any atom is -0.496 e. The van der Waals surface area contributed by atoms with Crippen LogP contribution in [-0.4, -0.2) is 24.7 Å². The van der Waals surface area contributed by atoms with Crippen LogP contribution in [0.4, 0.5) is 5.69 Å². The highest BCUT2D eigenvalue weighted by atomic mass is 35.5. The van der Waals surface area contributed by atoms with Gasteiger partial charge in [0.15, 0.2) is 0 Å². The summed E-state index contributed by atoms with van der Waals surface area (Å²) in [6.45, 7) is 6.45. The first-order valence-corrected chi connectivity index (χ1v) is 8.71. The molecule has 0 saturated heterocycles. The molecule has 2 rings (SSSR count). The molecular weight excluding hydrogens is 352 g/mol. The van der Waals surface area contributed by atoms with E-state index < -0.39 is 12.0 Å². The average molecular weight is 377 g/mol. The summed E-state index contributed by atoms with van der Waals surface area (Å²) in [6, 6.07) is 10.7. The highest BCUT2D eigenvalue weighted by Gasteiger charge is 2.18. The van der Waals surface area contributed by atoms with Crippen molar-refractivity contribution >= 4 is 23.2 Å². The third-order valence-electron chi connectivity index (χ3n) is 4.18. The van der Waals surface area contributed by atoms with Gasteiger partial charge in [-0.1, -0.05) is 56.6 Å². The van der Waals surface area contributed by atoms with Crippen LogP contribution in [0.2, 0.25) is 5.02 Å². The minimum absolute atomic E-state index is 0.0443. The van der Waals surface area contributed by atoms with Gasteiger partial charge >= 0.3 is 0 Å². The van der Waals surface area contributed by atoms with E-state index in [4.69, 9.17) is 22.1 Å². The number of anilines is 1. The van der Waals surface area contributed by atoms with Gasteiger partial charge in [-0.05, 0) is 22.6 Å². The van der Waals surface area contributed by atoms with Crippen molar-refractivity contribution in [2.24, 2.45) is 0 Å². The van der Waals surface area contributed by atoms with Gasteiger partial charge in [0.1, 0.15) is 5.75 Å². The number of methoxy groups -OCH3 is 1. The van der Waals surface area contributed by atoms with Gasteiger partial charge in [0.25, 0.3) is 5.91 Å². The number of aliphatic hydroxyl groups is 1. The van der Waals surface area contributed by atoms with Crippen molar-refractivity contribution in [2.45, 2.75) is 32.3 Å². The van der Waals surface area contributed by atoms with E-state index in [9.17, 15) is 9.90 Å². The molecule has 0 saturated carbocycles. The van der Waals surface area contributed by atoms with Crippen LogP contribution in [0.3, 0.4) is 0 Å². The molecule has 0 aromatic heterocycles. The molecule has 2 aromatic rings. The summed E-state index contributed by atoms with van der Waals surface area (Å²) in [7, 11) is 1.45. The molecule has 2 aromatic carbocycles. The van der Waals surface area contributed by atoms with Crippen molar-refractivity contribution in [1.29, 1.82) is 0 Å². The number of carbonyl (C=O) groups excluding carboxylic acids is 1. The van der Waals surface area contributed by atoms with Crippen LogP contribution in [0.25, 0.3) is 0 Å². The molecule has 0 aliphatic rings. The Hall–Kier alpha value is -2.24. The lowest BCUT2D eigenvalue weighted by Crippen LogP contribution is -2.28. The second-order valence-corrected chi connectivity index (χ2v) is 7.58. The Balaban J connectivity index is 2.06. The zero-order valence-corrected chi connectivity index (χ0v) is 16.2. The summed E-state index contributed by atoms with van der Waals surface area (Å²) in [5.41, 5.74) is 8.28. The van der Waals surface area contributed by atoms with Crippen LogP contribution >= 0.6 is 11.6 Å².